The highest BCUT2D eigenvalue weighted by Crippen LogP contribution is 2.37. The number of rotatable bonds is 5. The summed E-state index contributed by atoms with van der Waals surface area (Å²) < 4.78 is 12.5. The Bertz CT molecular complexity index is 869. The van der Waals surface area contributed by atoms with E-state index in [-0.39, 0.29) is 24.0 Å². The second-order valence-corrected chi connectivity index (χ2v) is 9.05. The average molecular weight is 406 g/mol. The molecule has 2 aliphatic carbocycles. The monoisotopic (exact) mass is 405 g/mol. The minimum atomic E-state index is 0.135. The molecule has 0 spiro atoms. The number of aryl methyl sites for hydroxylation is 1. The average Bonchev–Trinajstić information content (AvgIpc) is 2.74. The third-order valence-electron chi connectivity index (χ3n) is 6.95. The van der Waals surface area contributed by atoms with E-state index in [1.807, 2.05) is 12.1 Å². The van der Waals surface area contributed by atoms with E-state index in [2.05, 4.69) is 41.7 Å². The van der Waals surface area contributed by atoms with Gasteiger partial charge in [-0.1, -0.05) is 36.8 Å². The molecule has 1 heterocycles. The number of amides is 1. The second-order valence-electron chi connectivity index (χ2n) is 9.05. The summed E-state index contributed by atoms with van der Waals surface area (Å²) in [7, 11) is 0. The van der Waals surface area contributed by atoms with E-state index >= 15 is 0 Å². The zero-order chi connectivity index (χ0) is 20.3. The molecule has 1 atom stereocenters. The highest BCUT2D eigenvalue weighted by molar-refractivity contribution is 5.79. The summed E-state index contributed by atoms with van der Waals surface area (Å²) in [5.74, 6) is 2.47. The number of benzene rings is 2. The number of ether oxygens (including phenoxy) is 2. The number of carbonyl (C=O) groups excluding carboxylic acids is 1. The molecule has 0 bridgehead atoms. The standard InChI is InChI=1S/C26H31NO3/c28-26(19-7-4-8-19)27-21-10-12-22(13-11-21)29-23-14-16-25-20(17-23)9-15-24(30-25)18-5-2-1-3-6-18/h1-3,5-6,14,16-17,19,21-22,24H,4,7-13,15H2,(H,27,28). The minimum absolute atomic E-state index is 0.135. The van der Waals surface area contributed by atoms with E-state index in [1.165, 1.54) is 17.5 Å². The Morgan fingerprint density at radius 2 is 1.73 bits per heavy atom. The first-order chi connectivity index (χ1) is 14.7. The lowest BCUT2D eigenvalue weighted by molar-refractivity contribution is -0.128. The number of fused-ring (bicyclic) bond motifs is 1. The van der Waals surface area contributed by atoms with Gasteiger partial charge >= 0.3 is 0 Å². The maximum atomic E-state index is 12.2. The predicted molar refractivity (Wildman–Crippen MR) is 117 cm³/mol. The highest BCUT2D eigenvalue weighted by Gasteiger charge is 2.29. The largest absolute Gasteiger partial charge is 0.490 e. The maximum absolute atomic E-state index is 12.2. The number of hydrogen-bond donors (Lipinski definition) is 1. The van der Waals surface area contributed by atoms with Crippen LogP contribution >= 0.6 is 0 Å². The van der Waals surface area contributed by atoms with Gasteiger partial charge in [-0.05, 0) is 80.7 Å². The van der Waals surface area contributed by atoms with Crippen molar-refractivity contribution in [3.8, 4) is 11.5 Å². The number of carbonyl (C=O) groups is 1. The molecule has 0 radical (unpaired) electrons. The normalized spacial score (nSPS) is 26.1. The molecule has 5 rings (SSSR count). The first kappa shape index (κ1) is 19.5. The predicted octanol–water partition coefficient (Wildman–Crippen LogP) is 5.36. The summed E-state index contributed by atoms with van der Waals surface area (Å²) in [6, 6.07) is 17.0. The van der Waals surface area contributed by atoms with Gasteiger partial charge < -0.3 is 14.8 Å². The van der Waals surface area contributed by atoms with Crippen molar-refractivity contribution in [3.05, 3.63) is 59.7 Å². The van der Waals surface area contributed by atoms with Gasteiger partial charge in [0.2, 0.25) is 5.91 Å². The molecule has 1 aliphatic heterocycles. The van der Waals surface area contributed by atoms with Gasteiger partial charge in [0.15, 0.2) is 0 Å². The maximum Gasteiger partial charge on any atom is 0.223 e. The zero-order valence-electron chi connectivity index (χ0n) is 17.5. The Morgan fingerprint density at radius 1 is 0.933 bits per heavy atom. The fourth-order valence-corrected chi connectivity index (χ4v) is 4.85. The lowest BCUT2D eigenvalue weighted by Gasteiger charge is -2.32. The van der Waals surface area contributed by atoms with Crippen molar-refractivity contribution >= 4 is 5.91 Å². The Hall–Kier alpha value is -2.49. The van der Waals surface area contributed by atoms with Crippen molar-refractivity contribution in [1.29, 1.82) is 0 Å². The van der Waals surface area contributed by atoms with Gasteiger partial charge in [0.25, 0.3) is 0 Å². The van der Waals surface area contributed by atoms with E-state index in [4.69, 9.17) is 9.47 Å². The SMILES string of the molecule is O=C(NC1CCC(Oc2ccc3c(c2)CCC(c2ccccc2)O3)CC1)C1CCC1. The van der Waals surface area contributed by atoms with Crippen molar-refractivity contribution in [2.45, 2.75) is 76.0 Å². The zero-order valence-corrected chi connectivity index (χ0v) is 17.5. The van der Waals surface area contributed by atoms with Gasteiger partial charge in [-0.25, -0.2) is 0 Å². The molecular formula is C26H31NO3. The van der Waals surface area contributed by atoms with Crippen LogP contribution in [0.4, 0.5) is 0 Å². The van der Waals surface area contributed by atoms with Crippen molar-refractivity contribution in [2.24, 2.45) is 5.92 Å². The van der Waals surface area contributed by atoms with Gasteiger partial charge in [-0.2, -0.15) is 0 Å². The molecule has 158 valence electrons. The van der Waals surface area contributed by atoms with Crippen molar-refractivity contribution in [1.82, 2.24) is 5.32 Å². The van der Waals surface area contributed by atoms with Gasteiger partial charge in [0.1, 0.15) is 17.6 Å². The lowest BCUT2D eigenvalue weighted by atomic mass is 9.84. The van der Waals surface area contributed by atoms with Crippen LogP contribution in [-0.2, 0) is 11.2 Å². The quantitative estimate of drug-likeness (QED) is 0.728. The Balaban J connectivity index is 1.13. The Morgan fingerprint density at radius 3 is 2.47 bits per heavy atom. The molecule has 30 heavy (non-hydrogen) atoms. The smallest absolute Gasteiger partial charge is 0.223 e. The molecule has 1 N–H and O–H groups in total. The molecular weight excluding hydrogens is 374 g/mol. The van der Waals surface area contributed by atoms with Crippen LogP contribution in [0.15, 0.2) is 48.5 Å². The minimum Gasteiger partial charge on any atom is -0.490 e. The molecule has 0 saturated heterocycles. The molecule has 1 unspecified atom stereocenters. The van der Waals surface area contributed by atoms with E-state index < -0.39 is 0 Å². The second kappa shape index (κ2) is 8.71. The summed E-state index contributed by atoms with van der Waals surface area (Å²) in [4.78, 5) is 12.2. The summed E-state index contributed by atoms with van der Waals surface area (Å²) in [6.07, 6.45) is 9.73. The number of hydrogen-bond acceptors (Lipinski definition) is 3. The molecule has 2 aromatic carbocycles. The van der Waals surface area contributed by atoms with Crippen LogP contribution in [0.25, 0.3) is 0 Å². The number of nitrogens with one attached hydrogen (secondary N) is 1. The van der Waals surface area contributed by atoms with Crippen LogP contribution in [0.3, 0.4) is 0 Å². The van der Waals surface area contributed by atoms with Crippen LogP contribution in [0.2, 0.25) is 0 Å². The molecule has 4 heteroatoms. The van der Waals surface area contributed by atoms with E-state index in [1.54, 1.807) is 0 Å². The summed E-state index contributed by atoms with van der Waals surface area (Å²) in [6.45, 7) is 0. The molecule has 1 amide bonds. The van der Waals surface area contributed by atoms with E-state index in [0.717, 1.165) is 62.9 Å². The van der Waals surface area contributed by atoms with Crippen LogP contribution in [0.1, 0.15) is 68.6 Å². The van der Waals surface area contributed by atoms with Gasteiger partial charge in [0.05, 0.1) is 6.10 Å². The van der Waals surface area contributed by atoms with Gasteiger partial charge in [-0.3, -0.25) is 4.79 Å². The van der Waals surface area contributed by atoms with Crippen LogP contribution < -0.4 is 14.8 Å². The summed E-state index contributed by atoms with van der Waals surface area (Å²) >= 11 is 0. The first-order valence-corrected chi connectivity index (χ1v) is 11.6. The fraction of sp³-hybridized carbons (Fsp3) is 0.500. The van der Waals surface area contributed by atoms with Crippen molar-refractivity contribution < 1.29 is 14.3 Å². The summed E-state index contributed by atoms with van der Waals surface area (Å²) in [5, 5.41) is 3.25. The summed E-state index contributed by atoms with van der Waals surface area (Å²) in [5.41, 5.74) is 2.48. The molecule has 4 nitrogen and oxygen atoms in total. The lowest BCUT2D eigenvalue weighted by Crippen LogP contribution is -2.43. The topological polar surface area (TPSA) is 47.6 Å². The van der Waals surface area contributed by atoms with Gasteiger partial charge in [-0.15, -0.1) is 0 Å². The first-order valence-electron chi connectivity index (χ1n) is 11.6. The van der Waals surface area contributed by atoms with Crippen molar-refractivity contribution in [2.75, 3.05) is 0 Å². The van der Waals surface area contributed by atoms with Crippen LogP contribution in [0.5, 0.6) is 11.5 Å². The fourth-order valence-electron chi connectivity index (χ4n) is 4.85. The molecule has 2 fully saturated rings. The highest BCUT2D eigenvalue weighted by atomic mass is 16.5. The van der Waals surface area contributed by atoms with Crippen LogP contribution in [0, 0.1) is 5.92 Å². The third kappa shape index (κ3) is 4.33. The Kier molecular flexibility index (Phi) is 5.65. The Labute approximate surface area is 179 Å². The van der Waals surface area contributed by atoms with E-state index in [0.29, 0.717) is 6.04 Å². The third-order valence-corrected chi connectivity index (χ3v) is 6.95. The van der Waals surface area contributed by atoms with Gasteiger partial charge in [0, 0.05) is 12.0 Å². The molecule has 2 saturated carbocycles. The van der Waals surface area contributed by atoms with Crippen molar-refractivity contribution in [3.63, 3.8) is 0 Å². The van der Waals surface area contributed by atoms with E-state index in [9.17, 15) is 4.79 Å². The molecule has 0 aromatic heterocycles. The van der Waals surface area contributed by atoms with Crippen LogP contribution in [-0.4, -0.2) is 18.1 Å². The molecule has 3 aliphatic rings. The molecule has 2 aromatic rings.